The molecule has 0 aromatic carbocycles. The monoisotopic (exact) mass is 359 g/mol. The van der Waals surface area contributed by atoms with Gasteiger partial charge in [0.05, 0.1) is 30.2 Å². The van der Waals surface area contributed by atoms with Gasteiger partial charge in [0, 0.05) is 26.3 Å². The van der Waals surface area contributed by atoms with E-state index in [-0.39, 0.29) is 18.1 Å². The summed E-state index contributed by atoms with van der Waals surface area (Å²) in [5, 5.41) is 11.0. The molecule has 1 aliphatic heterocycles. The minimum atomic E-state index is -1.07. The van der Waals surface area contributed by atoms with E-state index in [1.165, 1.54) is 17.2 Å². The molecule has 8 heteroatoms. The van der Waals surface area contributed by atoms with Crippen LogP contribution in [0.1, 0.15) is 29.0 Å². The number of hydrogen-bond acceptors (Lipinski definition) is 6. The number of anilines is 1. The van der Waals surface area contributed by atoms with Crippen molar-refractivity contribution in [2.45, 2.75) is 25.4 Å². The van der Waals surface area contributed by atoms with Gasteiger partial charge in [-0.25, -0.2) is 14.4 Å². The molecule has 1 saturated heterocycles. The maximum absolute atomic E-state index is 13.1. The summed E-state index contributed by atoms with van der Waals surface area (Å²) < 4.78 is 13.1. The van der Waals surface area contributed by atoms with Gasteiger partial charge >= 0.3 is 0 Å². The van der Waals surface area contributed by atoms with Gasteiger partial charge in [0.2, 0.25) is 0 Å². The van der Waals surface area contributed by atoms with Gasteiger partial charge in [-0.3, -0.25) is 9.78 Å². The number of amides is 1. The Morgan fingerprint density at radius 1 is 1.31 bits per heavy atom. The molecule has 3 rings (SSSR count). The lowest BCUT2D eigenvalue weighted by atomic mass is 9.92. The van der Waals surface area contributed by atoms with Crippen LogP contribution in [0, 0.1) is 12.7 Å². The average molecular weight is 359 g/mol. The Morgan fingerprint density at radius 2 is 2.12 bits per heavy atom. The first-order chi connectivity index (χ1) is 12.4. The SMILES string of the molecule is Cc1cnc(C(=O)N(C)CC2(O)CCCN(c3ccc(F)cn3)C2)cn1. The number of halogens is 1. The summed E-state index contributed by atoms with van der Waals surface area (Å²) in [4.78, 5) is 28.1. The first kappa shape index (κ1) is 18.2. The molecule has 0 saturated carbocycles. The molecular weight excluding hydrogens is 337 g/mol. The van der Waals surface area contributed by atoms with Crippen LogP contribution in [0.3, 0.4) is 0 Å². The Bertz CT molecular complexity index is 768. The standard InChI is InChI=1S/C18H22FN5O2/c1-13-8-21-15(10-20-13)17(25)23(2)11-18(26)6-3-7-24(12-18)16-5-4-14(19)9-22-16/h4-5,8-10,26H,3,6-7,11-12H2,1-2H3. The molecule has 1 unspecified atom stereocenters. The molecule has 7 nitrogen and oxygen atoms in total. The fourth-order valence-corrected chi connectivity index (χ4v) is 3.20. The van der Waals surface area contributed by atoms with Crippen LogP contribution in [-0.4, -0.2) is 63.1 Å². The Morgan fingerprint density at radius 3 is 2.77 bits per heavy atom. The molecule has 1 aliphatic rings. The van der Waals surface area contributed by atoms with Crippen LogP contribution in [-0.2, 0) is 0 Å². The molecule has 26 heavy (non-hydrogen) atoms. The van der Waals surface area contributed by atoms with E-state index in [1.54, 1.807) is 26.2 Å². The third-order valence-electron chi connectivity index (χ3n) is 4.47. The lowest BCUT2D eigenvalue weighted by molar-refractivity contribution is -0.000294. The van der Waals surface area contributed by atoms with Crippen LogP contribution >= 0.6 is 0 Å². The number of nitrogens with zero attached hydrogens (tertiary/aromatic N) is 5. The zero-order valence-corrected chi connectivity index (χ0v) is 14.9. The Hall–Kier alpha value is -2.61. The number of rotatable bonds is 4. The molecule has 2 aromatic heterocycles. The first-order valence-corrected chi connectivity index (χ1v) is 8.49. The van der Waals surface area contributed by atoms with E-state index in [4.69, 9.17) is 0 Å². The molecule has 0 aliphatic carbocycles. The largest absolute Gasteiger partial charge is 0.386 e. The molecule has 1 N–H and O–H groups in total. The summed E-state index contributed by atoms with van der Waals surface area (Å²) in [6, 6.07) is 2.94. The number of piperidine rings is 1. The van der Waals surface area contributed by atoms with Gasteiger partial charge in [0.25, 0.3) is 5.91 Å². The molecule has 0 radical (unpaired) electrons. The zero-order valence-electron chi connectivity index (χ0n) is 14.9. The number of hydrogen-bond donors (Lipinski definition) is 1. The number of β-amino-alcohol motifs (C(OH)–C–C–N with tert-alkyl or cyclic N) is 1. The van der Waals surface area contributed by atoms with Gasteiger partial charge in [-0.15, -0.1) is 0 Å². The van der Waals surface area contributed by atoms with E-state index in [0.29, 0.717) is 18.8 Å². The van der Waals surface area contributed by atoms with Crippen molar-refractivity contribution in [1.82, 2.24) is 19.9 Å². The molecule has 1 fully saturated rings. The van der Waals surface area contributed by atoms with Crippen molar-refractivity contribution in [2.75, 3.05) is 31.6 Å². The highest BCUT2D eigenvalue weighted by Crippen LogP contribution is 2.26. The maximum Gasteiger partial charge on any atom is 0.273 e. The smallest absolute Gasteiger partial charge is 0.273 e. The van der Waals surface area contributed by atoms with E-state index in [0.717, 1.165) is 24.9 Å². The van der Waals surface area contributed by atoms with Gasteiger partial charge in [-0.1, -0.05) is 0 Å². The van der Waals surface area contributed by atoms with Crippen molar-refractivity contribution < 1.29 is 14.3 Å². The van der Waals surface area contributed by atoms with Crippen LogP contribution in [0.5, 0.6) is 0 Å². The molecule has 2 aromatic rings. The van der Waals surface area contributed by atoms with Gasteiger partial charge in [-0.05, 0) is 31.9 Å². The second kappa shape index (κ2) is 7.33. The third kappa shape index (κ3) is 4.13. The van der Waals surface area contributed by atoms with Crippen LogP contribution in [0.2, 0.25) is 0 Å². The summed E-state index contributed by atoms with van der Waals surface area (Å²) in [6.07, 6.45) is 5.46. The van der Waals surface area contributed by atoms with Crippen LogP contribution in [0.25, 0.3) is 0 Å². The zero-order chi connectivity index (χ0) is 18.7. The number of pyridine rings is 1. The van der Waals surface area contributed by atoms with E-state index in [1.807, 2.05) is 4.90 Å². The third-order valence-corrected chi connectivity index (χ3v) is 4.47. The maximum atomic E-state index is 13.1. The molecule has 1 amide bonds. The molecule has 0 spiro atoms. The van der Waals surface area contributed by atoms with Gasteiger partial charge in [0.15, 0.2) is 0 Å². The summed E-state index contributed by atoms with van der Waals surface area (Å²) >= 11 is 0. The number of aromatic nitrogens is 3. The summed E-state index contributed by atoms with van der Waals surface area (Å²) in [7, 11) is 1.64. The number of aliphatic hydroxyl groups is 1. The van der Waals surface area contributed by atoms with Crippen molar-refractivity contribution in [1.29, 1.82) is 0 Å². The molecule has 0 bridgehead atoms. The first-order valence-electron chi connectivity index (χ1n) is 8.49. The quantitative estimate of drug-likeness (QED) is 0.889. The van der Waals surface area contributed by atoms with E-state index in [9.17, 15) is 14.3 Å². The number of aryl methyl sites for hydroxylation is 1. The Labute approximate surface area is 151 Å². The van der Waals surface area contributed by atoms with Crippen LogP contribution in [0.15, 0.2) is 30.7 Å². The van der Waals surface area contributed by atoms with Gasteiger partial charge in [0.1, 0.15) is 17.3 Å². The fourth-order valence-electron chi connectivity index (χ4n) is 3.20. The van der Waals surface area contributed by atoms with Crippen molar-refractivity contribution in [3.63, 3.8) is 0 Å². The number of carbonyl (C=O) groups excluding carboxylic acids is 1. The predicted octanol–water partition coefficient (Wildman–Crippen LogP) is 1.42. The molecule has 3 heterocycles. The van der Waals surface area contributed by atoms with Gasteiger partial charge < -0.3 is 14.9 Å². The van der Waals surface area contributed by atoms with Crippen molar-refractivity contribution in [3.8, 4) is 0 Å². The Kier molecular flexibility index (Phi) is 5.13. The fraction of sp³-hybridized carbons (Fsp3) is 0.444. The van der Waals surface area contributed by atoms with Gasteiger partial charge in [-0.2, -0.15) is 0 Å². The second-order valence-corrected chi connectivity index (χ2v) is 6.79. The normalized spacial score (nSPS) is 20.1. The van der Waals surface area contributed by atoms with E-state index in [2.05, 4.69) is 15.0 Å². The van der Waals surface area contributed by atoms with Crippen molar-refractivity contribution >= 4 is 11.7 Å². The molecule has 1 atom stereocenters. The highest BCUT2D eigenvalue weighted by atomic mass is 19.1. The summed E-state index contributed by atoms with van der Waals surface area (Å²) in [6.45, 7) is 3.01. The Balaban J connectivity index is 1.68. The van der Waals surface area contributed by atoms with Crippen LogP contribution in [0.4, 0.5) is 10.2 Å². The predicted molar refractivity (Wildman–Crippen MR) is 94.3 cm³/mol. The topological polar surface area (TPSA) is 82.5 Å². The van der Waals surface area contributed by atoms with E-state index < -0.39 is 11.4 Å². The van der Waals surface area contributed by atoms with Crippen molar-refractivity contribution in [2.24, 2.45) is 0 Å². The van der Waals surface area contributed by atoms with Crippen LogP contribution < -0.4 is 4.90 Å². The minimum absolute atomic E-state index is 0.166. The lowest BCUT2D eigenvalue weighted by Gasteiger charge is -2.41. The number of carbonyl (C=O) groups is 1. The summed E-state index contributed by atoms with van der Waals surface area (Å²) in [5.74, 6) is -0.0728. The summed E-state index contributed by atoms with van der Waals surface area (Å²) in [5.41, 5.74) is -0.0938. The highest BCUT2D eigenvalue weighted by molar-refractivity contribution is 5.91. The second-order valence-electron chi connectivity index (χ2n) is 6.79. The average Bonchev–Trinajstić information content (AvgIpc) is 2.62. The van der Waals surface area contributed by atoms with Crippen molar-refractivity contribution in [3.05, 3.63) is 47.9 Å². The minimum Gasteiger partial charge on any atom is -0.386 e. The van der Waals surface area contributed by atoms with E-state index >= 15 is 0 Å². The highest BCUT2D eigenvalue weighted by Gasteiger charge is 2.36. The molecular formula is C18H22FN5O2. The lowest BCUT2D eigenvalue weighted by Crippen LogP contribution is -2.55. The number of likely N-dealkylation sites (N-methyl/N-ethyl adjacent to an activating group) is 1. The molecule has 138 valence electrons.